The van der Waals surface area contributed by atoms with E-state index in [9.17, 15) is 9.59 Å². The van der Waals surface area contributed by atoms with Gasteiger partial charge in [0, 0.05) is 11.8 Å². The van der Waals surface area contributed by atoms with E-state index in [2.05, 4.69) is 0 Å². The van der Waals surface area contributed by atoms with Crippen molar-refractivity contribution in [2.24, 2.45) is 35.5 Å². The SMILES string of the molecule is O=CC1[C@H]2COC[C@@H]12.O=CC1[C@H]2COC[C@@H]12. The summed E-state index contributed by atoms with van der Waals surface area (Å²) in [7, 11) is 0. The van der Waals surface area contributed by atoms with Crippen LogP contribution in [0.3, 0.4) is 0 Å². The fourth-order valence-electron chi connectivity index (χ4n) is 2.97. The summed E-state index contributed by atoms with van der Waals surface area (Å²) < 4.78 is 10.2. The quantitative estimate of drug-likeness (QED) is 0.627. The Morgan fingerprint density at radius 3 is 1.19 bits per heavy atom. The highest BCUT2D eigenvalue weighted by Crippen LogP contribution is 2.49. The first-order valence-electron chi connectivity index (χ1n) is 5.93. The third-order valence-electron chi connectivity index (χ3n) is 4.35. The molecule has 4 heteroatoms. The molecular formula is C12H16O4. The first kappa shape index (κ1) is 10.4. The van der Waals surface area contributed by atoms with Crippen LogP contribution in [0.4, 0.5) is 0 Å². The zero-order chi connectivity index (χ0) is 11.1. The third-order valence-corrected chi connectivity index (χ3v) is 4.35. The summed E-state index contributed by atoms with van der Waals surface area (Å²) >= 11 is 0. The van der Waals surface area contributed by atoms with Crippen LogP contribution >= 0.6 is 0 Å². The number of hydrogen-bond donors (Lipinski definition) is 0. The summed E-state index contributed by atoms with van der Waals surface area (Å²) in [6.45, 7) is 3.31. The number of ether oxygens (including phenoxy) is 2. The topological polar surface area (TPSA) is 52.6 Å². The lowest BCUT2D eigenvalue weighted by atomic mass is 10.3. The van der Waals surface area contributed by atoms with Gasteiger partial charge in [-0.05, 0) is 23.7 Å². The van der Waals surface area contributed by atoms with Gasteiger partial charge in [0.05, 0.1) is 26.4 Å². The van der Waals surface area contributed by atoms with Crippen molar-refractivity contribution < 1.29 is 19.1 Å². The third kappa shape index (κ3) is 1.60. The minimum Gasteiger partial charge on any atom is -0.381 e. The minimum atomic E-state index is 0.365. The van der Waals surface area contributed by atoms with Crippen molar-refractivity contribution in [1.82, 2.24) is 0 Å². The summed E-state index contributed by atoms with van der Waals surface area (Å²) in [5, 5.41) is 0. The lowest BCUT2D eigenvalue weighted by Gasteiger charge is -1.92. The van der Waals surface area contributed by atoms with Crippen molar-refractivity contribution in [2.45, 2.75) is 0 Å². The van der Waals surface area contributed by atoms with Crippen LogP contribution in [0, 0.1) is 35.5 Å². The van der Waals surface area contributed by atoms with E-state index in [1.54, 1.807) is 0 Å². The van der Waals surface area contributed by atoms with Crippen molar-refractivity contribution in [2.75, 3.05) is 26.4 Å². The minimum absolute atomic E-state index is 0.365. The van der Waals surface area contributed by atoms with Crippen LogP contribution in [0.5, 0.6) is 0 Å². The van der Waals surface area contributed by atoms with E-state index < -0.39 is 0 Å². The summed E-state index contributed by atoms with van der Waals surface area (Å²) in [5.41, 5.74) is 0. The van der Waals surface area contributed by atoms with Gasteiger partial charge in [-0.3, -0.25) is 0 Å². The molecule has 0 aromatic carbocycles. The summed E-state index contributed by atoms with van der Waals surface area (Å²) in [5.74, 6) is 3.15. The molecule has 4 rings (SSSR count). The zero-order valence-electron chi connectivity index (χ0n) is 9.08. The number of rotatable bonds is 2. The second-order valence-electron chi connectivity index (χ2n) is 5.16. The van der Waals surface area contributed by atoms with Crippen LogP contribution < -0.4 is 0 Å². The molecule has 0 bridgehead atoms. The molecule has 2 heterocycles. The van der Waals surface area contributed by atoms with Gasteiger partial charge in [0.25, 0.3) is 0 Å². The second kappa shape index (κ2) is 3.93. The fraction of sp³-hybridized carbons (Fsp3) is 0.833. The highest BCUT2D eigenvalue weighted by atomic mass is 16.5. The second-order valence-corrected chi connectivity index (χ2v) is 5.16. The Kier molecular flexibility index (Phi) is 2.56. The highest BCUT2D eigenvalue weighted by molar-refractivity contribution is 5.60. The molecule has 4 aliphatic rings. The Morgan fingerprint density at radius 1 is 0.688 bits per heavy atom. The average molecular weight is 224 g/mol. The molecule has 0 aromatic rings. The summed E-state index contributed by atoms with van der Waals surface area (Å²) in [4.78, 5) is 20.3. The maximum absolute atomic E-state index is 10.1. The molecule has 4 nitrogen and oxygen atoms in total. The van der Waals surface area contributed by atoms with E-state index in [-0.39, 0.29) is 0 Å². The van der Waals surface area contributed by atoms with Gasteiger partial charge < -0.3 is 19.1 Å². The Labute approximate surface area is 94.3 Å². The van der Waals surface area contributed by atoms with Gasteiger partial charge in [-0.2, -0.15) is 0 Å². The molecule has 2 saturated heterocycles. The molecule has 6 atom stereocenters. The standard InChI is InChI=1S/2C6H8O2/c2*7-1-4-5-2-8-3-6(4)5/h2*1,4-6H,2-3H2/t2*4?,5-,6+. The van der Waals surface area contributed by atoms with Crippen LogP contribution in [0.25, 0.3) is 0 Å². The van der Waals surface area contributed by atoms with Gasteiger partial charge in [-0.1, -0.05) is 0 Å². The molecule has 2 unspecified atom stereocenters. The van der Waals surface area contributed by atoms with Crippen LogP contribution in [-0.4, -0.2) is 39.0 Å². The largest absolute Gasteiger partial charge is 0.381 e. The van der Waals surface area contributed by atoms with Crippen molar-refractivity contribution in [1.29, 1.82) is 0 Å². The van der Waals surface area contributed by atoms with Gasteiger partial charge in [0.1, 0.15) is 12.6 Å². The lowest BCUT2D eigenvalue weighted by Crippen LogP contribution is -1.97. The molecule has 4 fully saturated rings. The summed E-state index contributed by atoms with van der Waals surface area (Å²) in [6.07, 6.45) is 2.13. The van der Waals surface area contributed by atoms with Crippen molar-refractivity contribution in [3.63, 3.8) is 0 Å². The Balaban J connectivity index is 0.000000101. The Hall–Kier alpha value is -0.740. The van der Waals surface area contributed by atoms with E-state index in [1.807, 2.05) is 0 Å². The Morgan fingerprint density at radius 2 is 1.00 bits per heavy atom. The van der Waals surface area contributed by atoms with Gasteiger partial charge in [-0.25, -0.2) is 0 Å². The van der Waals surface area contributed by atoms with Crippen LogP contribution in [0.15, 0.2) is 0 Å². The van der Waals surface area contributed by atoms with Gasteiger partial charge >= 0.3 is 0 Å². The number of carbonyl (C=O) groups excluding carboxylic acids is 2. The normalized spacial score (nSPS) is 50.8. The molecule has 2 aliphatic carbocycles. The molecule has 2 saturated carbocycles. The summed E-state index contributed by atoms with van der Waals surface area (Å²) in [6, 6.07) is 0. The number of hydrogen-bond acceptors (Lipinski definition) is 4. The molecule has 0 amide bonds. The van der Waals surface area contributed by atoms with E-state index in [4.69, 9.17) is 9.47 Å². The van der Waals surface area contributed by atoms with Crippen LogP contribution in [0.2, 0.25) is 0 Å². The van der Waals surface area contributed by atoms with Crippen molar-refractivity contribution in [3.8, 4) is 0 Å². The highest BCUT2D eigenvalue weighted by Gasteiger charge is 2.54. The Bertz CT molecular complexity index is 253. The lowest BCUT2D eigenvalue weighted by molar-refractivity contribution is -0.110. The van der Waals surface area contributed by atoms with E-state index in [1.165, 1.54) is 0 Å². The van der Waals surface area contributed by atoms with E-state index in [0.29, 0.717) is 35.5 Å². The maximum atomic E-state index is 10.1. The molecule has 16 heavy (non-hydrogen) atoms. The fourth-order valence-corrected chi connectivity index (χ4v) is 2.97. The number of fused-ring (bicyclic) bond motifs is 2. The number of aldehydes is 2. The van der Waals surface area contributed by atoms with Gasteiger partial charge in [0.2, 0.25) is 0 Å². The molecule has 2 aliphatic heterocycles. The van der Waals surface area contributed by atoms with E-state index >= 15 is 0 Å². The smallest absolute Gasteiger partial charge is 0.123 e. The predicted octanol–water partition coefficient (Wildman–Crippen LogP) is 0.155. The van der Waals surface area contributed by atoms with E-state index in [0.717, 1.165) is 39.0 Å². The van der Waals surface area contributed by atoms with Crippen LogP contribution in [0.1, 0.15) is 0 Å². The van der Waals surface area contributed by atoms with Crippen molar-refractivity contribution >= 4 is 12.6 Å². The molecular weight excluding hydrogens is 208 g/mol. The molecule has 0 N–H and O–H groups in total. The molecule has 0 aromatic heterocycles. The molecule has 0 radical (unpaired) electrons. The molecule has 0 spiro atoms. The first-order valence-corrected chi connectivity index (χ1v) is 5.93. The first-order chi connectivity index (χ1) is 7.86. The molecule has 88 valence electrons. The monoisotopic (exact) mass is 224 g/mol. The van der Waals surface area contributed by atoms with Gasteiger partial charge in [0.15, 0.2) is 0 Å². The maximum Gasteiger partial charge on any atom is 0.123 e. The van der Waals surface area contributed by atoms with Crippen LogP contribution in [-0.2, 0) is 19.1 Å². The van der Waals surface area contributed by atoms with Gasteiger partial charge in [-0.15, -0.1) is 0 Å². The number of carbonyl (C=O) groups is 2. The van der Waals surface area contributed by atoms with Crippen molar-refractivity contribution in [3.05, 3.63) is 0 Å². The average Bonchev–Trinajstić information content (AvgIpc) is 2.97. The predicted molar refractivity (Wildman–Crippen MR) is 54.7 cm³/mol. The zero-order valence-corrected chi connectivity index (χ0v) is 9.08.